The predicted molar refractivity (Wildman–Crippen MR) is 61.6 cm³/mol. The minimum atomic E-state index is -0.463. The number of benzene rings is 1. The second-order valence-electron chi connectivity index (χ2n) is 5.13. The minimum Gasteiger partial charge on any atom is -0.497 e. The fourth-order valence-corrected chi connectivity index (χ4v) is 2.97. The molecule has 17 heavy (non-hydrogen) atoms. The van der Waals surface area contributed by atoms with Gasteiger partial charge in [0.25, 0.3) is 0 Å². The number of carbonyl (C=O) groups is 1. The first-order valence-electron chi connectivity index (χ1n) is 6.07. The predicted octanol–water partition coefficient (Wildman–Crippen LogP) is 3.06. The molecule has 0 radical (unpaired) electrons. The second kappa shape index (κ2) is 3.83. The maximum atomic E-state index is 13.7. The van der Waals surface area contributed by atoms with Crippen molar-refractivity contribution < 1.29 is 13.9 Å². The average molecular weight is 234 g/mol. The van der Waals surface area contributed by atoms with Gasteiger partial charge in [-0.3, -0.25) is 4.79 Å². The quantitative estimate of drug-likeness (QED) is 0.751. The largest absolute Gasteiger partial charge is 0.497 e. The molecule has 2 atom stereocenters. The lowest BCUT2D eigenvalue weighted by Crippen LogP contribution is -2.14. The normalized spacial score (nSPS) is 29.9. The van der Waals surface area contributed by atoms with Crippen molar-refractivity contribution in [2.45, 2.75) is 19.3 Å². The molecular weight excluding hydrogens is 219 g/mol. The first kappa shape index (κ1) is 10.8. The second-order valence-corrected chi connectivity index (χ2v) is 5.13. The summed E-state index contributed by atoms with van der Waals surface area (Å²) in [6, 6.07) is 4.47. The number of halogens is 1. The monoisotopic (exact) mass is 234 g/mol. The molecule has 0 amide bonds. The van der Waals surface area contributed by atoms with Crippen molar-refractivity contribution in [2.75, 3.05) is 7.11 Å². The average Bonchev–Trinajstić information content (AvgIpc) is 2.95. The van der Waals surface area contributed by atoms with Crippen LogP contribution in [0.4, 0.5) is 4.39 Å². The van der Waals surface area contributed by atoms with Gasteiger partial charge in [0.2, 0.25) is 0 Å². The van der Waals surface area contributed by atoms with E-state index in [9.17, 15) is 9.18 Å². The summed E-state index contributed by atoms with van der Waals surface area (Å²) < 4.78 is 18.7. The summed E-state index contributed by atoms with van der Waals surface area (Å²) in [5.41, 5.74) is 0.220. The Morgan fingerprint density at radius 3 is 2.59 bits per heavy atom. The number of ether oxygens (including phenoxy) is 1. The molecule has 2 aliphatic carbocycles. The Kier molecular flexibility index (Phi) is 2.42. The van der Waals surface area contributed by atoms with E-state index in [0.717, 1.165) is 24.7 Å². The highest BCUT2D eigenvalue weighted by Gasteiger charge is 2.48. The van der Waals surface area contributed by atoms with Gasteiger partial charge < -0.3 is 4.74 Å². The first-order chi connectivity index (χ1) is 8.19. The van der Waals surface area contributed by atoms with E-state index in [4.69, 9.17) is 4.74 Å². The Morgan fingerprint density at radius 1 is 1.29 bits per heavy atom. The summed E-state index contributed by atoms with van der Waals surface area (Å²) in [5.74, 6) is 1.48. The summed E-state index contributed by atoms with van der Waals surface area (Å²) in [5, 5.41) is 0. The van der Waals surface area contributed by atoms with Crippen molar-refractivity contribution in [3.63, 3.8) is 0 Å². The van der Waals surface area contributed by atoms with Crippen molar-refractivity contribution in [1.29, 1.82) is 0 Å². The van der Waals surface area contributed by atoms with Crippen LogP contribution in [0.5, 0.6) is 5.75 Å². The molecule has 0 spiro atoms. The highest BCUT2D eigenvalue weighted by atomic mass is 19.1. The van der Waals surface area contributed by atoms with Crippen LogP contribution >= 0.6 is 0 Å². The highest BCUT2D eigenvalue weighted by molar-refractivity contribution is 5.98. The summed E-state index contributed by atoms with van der Waals surface area (Å²) in [6.45, 7) is 0. The molecule has 0 saturated heterocycles. The molecule has 0 aliphatic heterocycles. The van der Waals surface area contributed by atoms with Crippen LogP contribution in [0.3, 0.4) is 0 Å². The molecule has 0 N–H and O–H groups in total. The van der Waals surface area contributed by atoms with Crippen LogP contribution in [0.25, 0.3) is 0 Å². The first-order valence-corrected chi connectivity index (χ1v) is 6.07. The standard InChI is InChI=1S/C14H15FO2/c1-17-11-2-3-12(13(15)7-11)14(16)10-5-8-4-9(8)6-10/h2-3,7-10H,4-6H2,1H3. The Balaban J connectivity index is 1.81. The summed E-state index contributed by atoms with van der Waals surface area (Å²) in [6.07, 6.45) is 3.18. The molecule has 1 aromatic carbocycles. The van der Waals surface area contributed by atoms with Gasteiger partial charge in [0.05, 0.1) is 12.7 Å². The van der Waals surface area contributed by atoms with Crippen LogP contribution in [-0.2, 0) is 0 Å². The van der Waals surface area contributed by atoms with Crippen LogP contribution in [0.1, 0.15) is 29.6 Å². The molecule has 3 rings (SSSR count). The number of Topliss-reactive ketones (excluding diaryl/α,β-unsaturated/α-hetero) is 1. The van der Waals surface area contributed by atoms with E-state index >= 15 is 0 Å². The fourth-order valence-electron chi connectivity index (χ4n) is 2.97. The van der Waals surface area contributed by atoms with E-state index in [1.807, 2.05) is 0 Å². The number of hydrogen-bond donors (Lipinski definition) is 0. The Bertz CT molecular complexity index is 459. The molecule has 2 fully saturated rings. The smallest absolute Gasteiger partial charge is 0.168 e. The zero-order valence-corrected chi connectivity index (χ0v) is 9.78. The van der Waals surface area contributed by atoms with Gasteiger partial charge in [0.15, 0.2) is 5.78 Å². The molecule has 3 heteroatoms. The third-order valence-electron chi connectivity index (χ3n) is 4.06. The van der Waals surface area contributed by atoms with Gasteiger partial charge in [0, 0.05) is 12.0 Å². The molecule has 90 valence electrons. The molecular formula is C14H15FO2. The number of hydrogen-bond acceptors (Lipinski definition) is 2. The fraction of sp³-hybridized carbons (Fsp3) is 0.500. The van der Waals surface area contributed by atoms with Crippen LogP contribution in [0.2, 0.25) is 0 Å². The van der Waals surface area contributed by atoms with Crippen molar-refractivity contribution in [3.05, 3.63) is 29.6 Å². The zero-order valence-electron chi connectivity index (χ0n) is 9.78. The van der Waals surface area contributed by atoms with Gasteiger partial charge in [-0.2, -0.15) is 0 Å². The topological polar surface area (TPSA) is 26.3 Å². The molecule has 2 unspecified atom stereocenters. The van der Waals surface area contributed by atoms with Gasteiger partial charge in [-0.15, -0.1) is 0 Å². The van der Waals surface area contributed by atoms with Crippen LogP contribution in [0, 0.1) is 23.6 Å². The molecule has 1 aromatic rings. The van der Waals surface area contributed by atoms with Crippen LogP contribution < -0.4 is 4.74 Å². The van der Waals surface area contributed by atoms with E-state index in [2.05, 4.69) is 0 Å². The van der Waals surface area contributed by atoms with Gasteiger partial charge in [-0.1, -0.05) is 0 Å². The Morgan fingerprint density at radius 2 is 2.00 bits per heavy atom. The van der Waals surface area contributed by atoms with Gasteiger partial charge in [0.1, 0.15) is 11.6 Å². The summed E-state index contributed by atoms with van der Waals surface area (Å²) in [4.78, 5) is 12.2. The molecule has 0 bridgehead atoms. The Hall–Kier alpha value is -1.38. The van der Waals surface area contributed by atoms with Gasteiger partial charge in [-0.25, -0.2) is 4.39 Å². The number of fused-ring (bicyclic) bond motifs is 1. The third-order valence-corrected chi connectivity index (χ3v) is 4.06. The van der Waals surface area contributed by atoms with E-state index in [0.29, 0.717) is 5.75 Å². The van der Waals surface area contributed by atoms with E-state index in [1.54, 1.807) is 12.1 Å². The maximum absolute atomic E-state index is 13.7. The van der Waals surface area contributed by atoms with Crippen molar-refractivity contribution >= 4 is 5.78 Å². The van der Waals surface area contributed by atoms with E-state index in [-0.39, 0.29) is 17.3 Å². The molecule has 0 heterocycles. The number of carbonyl (C=O) groups excluding carboxylic acids is 1. The van der Waals surface area contributed by atoms with Crippen LogP contribution in [0.15, 0.2) is 18.2 Å². The lowest BCUT2D eigenvalue weighted by Gasteiger charge is -2.11. The van der Waals surface area contributed by atoms with E-state index in [1.165, 1.54) is 19.6 Å². The van der Waals surface area contributed by atoms with Crippen LogP contribution in [-0.4, -0.2) is 12.9 Å². The number of ketones is 1. The van der Waals surface area contributed by atoms with Crippen molar-refractivity contribution in [2.24, 2.45) is 17.8 Å². The Labute approximate surface area is 99.8 Å². The number of rotatable bonds is 3. The molecule has 2 aliphatic rings. The van der Waals surface area contributed by atoms with Gasteiger partial charge >= 0.3 is 0 Å². The minimum absolute atomic E-state index is 0.0302. The number of methoxy groups -OCH3 is 1. The highest BCUT2D eigenvalue weighted by Crippen LogP contribution is 2.55. The van der Waals surface area contributed by atoms with Crippen molar-refractivity contribution in [3.8, 4) is 5.75 Å². The summed E-state index contributed by atoms with van der Waals surface area (Å²) >= 11 is 0. The van der Waals surface area contributed by atoms with Gasteiger partial charge in [-0.05, 0) is 43.2 Å². The molecule has 2 nitrogen and oxygen atoms in total. The van der Waals surface area contributed by atoms with E-state index < -0.39 is 5.82 Å². The summed E-state index contributed by atoms with van der Waals surface area (Å²) in [7, 11) is 1.49. The molecule has 2 saturated carbocycles. The SMILES string of the molecule is COc1ccc(C(=O)C2CC3CC3C2)c(F)c1. The third kappa shape index (κ3) is 1.84. The zero-order chi connectivity index (χ0) is 12.0. The van der Waals surface area contributed by atoms with Crippen molar-refractivity contribution in [1.82, 2.24) is 0 Å². The molecule has 0 aromatic heterocycles. The lowest BCUT2D eigenvalue weighted by atomic mass is 9.93. The lowest BCUT2D eigenvalue weighted by molar-refractivity contribution is 0.0910. The maximum Gasteiger partial charge on any atom is 0.168 e.